The number of nitrogens with zero attached hydrogens (tertiary/aromatic N) is 1. The second kappa shape index (κ2) is 8.63. The average molecular weight is 412 g/mol. The van der Waals surface area contributed by atoms with Gasteiger partial charge in [-0.1, -0.05) is 19.4 Å². The van der Waals surface area contributed by atoms with E-state index in [0.29, 0.717) is 24.2 Å². The van der Waals surface area contributed by atoms with Crippen LogP contribution in [0, 0.1) is 5.92 Å². The molecule has 0 radical (unpaired) electrons. The van der Waals surface area contributed by atoms with Crippen LogP contribution in [0.5, 0.6) is 5.75 Å². The van der Waals surface area contributed by atoms with Crippen LogP contribution in [0.2, 0.25) is 0 Å². The van der Waals surface area contributed by atoms with E-state index < -0.39 is 5.79 Å². The van der Waals surface area contributed by atoms with Crippen LogP contribution in [0.1, 0.15) is 94.6 Å². The molecule has 30 heavy (non-hydrogen) atoms. The molecule has 5 rings (SSSR count). The fourth-order valence-electron chi connectivity index (χ4n) is 5.93. The van der Waals surface area contributed by atoms with Gasteiger partial charge in [0.05, 0.1) is 6.61 Å². The van der Waals surface area contributed by atoms with Gasteiger partial charge in [0.2, 0.25) is 5.79 Å². The van der Waals surface area contributed by atoms with Crippen molar-refractivity contribution in [2.45, 2.75) is 102 Å². The standard InChI is InChI=1S/C26H37NO3/c1-2-4-24(28)20-9-7-19(8-10-20)21-11-12-25-22(17-21)18-29-26(30-25)13-15-27(16-14-26)23-5-3-6-23/h11-12,17,19-20,23H,2-10,13-16,18H2,1H3. The number of fused-ring (bicyclic) bond motifs is 1. The number of likely N-dealkylation sites (tertiary alicyclic amines) is 1. The molecule has 1 aromatic carbocycles. The van der Waals surface area contributed by atoms with Gasteiger partial charge in [0, 0.05) is 49.9 Å². The van der Waals surface area contributed by atoms with E-state index in [1.165, 1.54) is 30.4 Å². The molecule has 0 unspecified atom stereocenters. The molecule has 4 heteroatoms. The summed E-state index contributed by atoms with van der Waals surface area (Å²) in [7, 11) is 0. The third-order valence-corrected chi connectivity index (χ3v) is 8.17. The van der Waals surface area contributed by atoms with Crippen LogP contribution < -0.4 is 4.74 Å². The van der Waals surface area contributed by atoms with Crippen LogP contribution in [0.25, 0.3) is 0 Å². The van der Waals surface area contributed by atoms with Crippen LogP contribution in [0.4, 0.5) is 0 Å². The summed E-state index contributed by atoms with van der Waals surface area (Å²) in [6, 6.07) is 7.57. The van der Waals surface area contributed by atoms with E-state index in [0.717, 1.165) is 76.2 Å². The summed E-state index contributed by atoms with van der Waals surface area (Å²) in [5.41, 5.74) is 2.60. The SMILES string of the molecule is CCCC(=O)C1CCC(c2ccc3c(c2)COC2(CCN(C4CCC4)CC2)O3)CC1. The molecule has 2 saturated carbocycles. The number of benzene rings is 1. The second-order valence-corrected chi connectivity index (χ2v) is 10.1. The average Bonchev–Trinajstić information content (AvgIpc) is 2.74. The van der Waals surface area contributed by atoms with Crippen molar-refractivity contribution in [3.05, 3.63) is 29.3 Å². The van der Waals surface area contributed by atoms with Gasteiger partial charge in [-0.25, -0.2) is 0 Å². The Bertz CT molecular complexity index is 756. The Labute approximate surface area is 181 Å². The summed E-state index contributed by atoms with van der Waals surface area (Å²) >= 11 is 0. The van der Waals surface area contributed by atoms with E-state index in [4.69, 9.17) is 9.47 Å². The van der Waals surface area contributed by atoms with Gasteiger partial charge in [0.15, 0.2) is 0 Å². The molecule has 0 N–H and O–H groups in total. The van der Waals surface area contributed by atoms with Gasteiger partial charge in [0.25, 0.3) is 0 Å². The van der Waals surface area contributed by atoms with Crippen molar-refractivity contribution in [1.29, 1.82) is 0 Å². The minimum atomic E-state index is -0.410. The molecule has 164 valence electrons. The summed E-state index contributed by atoms with van der Waals surface area (Å²) in [6.07, 6.45) is 12.2. The highest BCUT2D eigenvalue weighted by Crippen LogP contribution is 2.42. The maximum atomic E-state index is 12.2. The molecule has 0 atom stereocenters. The van der Waals surface area contributed by atoms with Crippen molar-refractivity contribution in [2.24, 2.45) is 5.92 Å². The van der Waals surface area contributed by atoms with Gasteiger partial charge in [-0.3, -0.25) is 9.69 Å². The molecular formula is C26H37NO3. The fraction of sp³-hybridized carbons (Fsp3) is 0.731. The first kappa shape index (κ1) is 20.5. The minimum absolute atomic E-state index is 0.302. The van der Waals surface area contributed by atoms with Crippen LogP contribution >= 0.6 is 0 Å². The van der Waals surface area contributed by atoms with Crippen molar-refractivity contribution in [3.63, 3.8) is 0 Å². The number of hydrogen-bond acceptors (Lipinski definition) is 4. The number of rotatable bonds is 5. The Morgan fingerprint density at radius 2 is 1.87 bits per heavy atom. The topological polar surface area (TPSA) is 38.8 Å². The van der Waals surface area contributed by atoms with Crippen LogP contribution in [-0.2, 0) is 16.1 Å². The maximum Gasteiger partial charge on any atom is 0.213 e. The number of carbonyl (C=O) groups excluding carboxylic acids is 1. The van der Waals surface area contributed by atoms with Crippen LogP contribution in [0.15, 0.2) is 18.2 Å². The number of hydrogen-bond donors (Lipinski definition) is 0. The number of piperidine rings is 1. The Morgan fingerprint density at radius 3 is 2.53 bits per heavy atom. The quantitative estimate of drug-likeness (QED) is 0.634. The first-order chi connectivity index (χ1) is 14.7. The normalized spacial score (nSPS) is 29.1. The zero-order valence-electron chi connectivity index (χ0n) is 18.5. The second-order valence-electron chi connectivity index (χ2n) is 10.1. The molecule has 2 heterocycles. The van der Waals surface area contributed by atoms with E-state index in [9.17, 15) is 4.79 Å². The summed E-state index contributed by atoms with van der Waals surface area (Å²) in [4.78, 5) is 14.9. The lowest BCUT2D eigenvalue weighted by Gasteiger charge is -2.47. The van der Waals surface area contributed by atoms with Crippen LogP contribution in [0.3, 0.4) is 0 Å². The van der Waals surface area contributed by atoms with E-state index in [1.807, 2.05) is 0 Å². The lowest BCUT2D eigenvalue weighted by atomic mass is 9.76. The largest absolute Gasteiger partial charge is 0.462 e. The minimum Gasteiger partial charge on any atom is -0.462 e. The van der Waals surface area contributed by atoms with Crippen molar-refractivity contribution >= 4 is 5.78 Å². The molecule has 3 fully saturated rings. The molecule has 1 spiro atoms. The van der Waals surface area contributed by atoms with E-state index in [-0.39, 0.29) is 0 Å². The molecule has 4 nitrogen and oxygen atoms in total. The summed E-state index contributed by atoms with van der Waals surface area (Å²) in [5.74, 6) is 1.97. The Morgan fingerprint density at radius 1 is 1.10 bits per heavy atom. The van der Waals surface area contributed by atoms with Gasteiger partial charge in [-0.05, 0) is 68.6 Å². The van der Waals surface area contributed by atoms with E-state index in [1.54, 1.807) is 0 Å². The molecule has 1 saturated heterocycles. The zero-order valence-corrected chi connectivity index (χ0v) is 18.5. The van der Waals surface area contributed by atoms with Gasteiger partial charge in [-0.2, -0.15) is 0 Å². The molecule has 2 aliphatic carbocycles. The highest BCUT2D eigenvalue weighted by atomic mass is 16.7. The first-order valence-electron chi connectivity index (χ1n) is 12.4. The number of ketones is 1. The lowest BCUT2D eigenvalue weighted by Crippen LogP contribution is -2.54. The lowest BCUT2D eigenvalue weighted by molar-refractivity contribution is -0.231. The Kier molecular flexibility index (Phi) is 5.90. The summed E-state index contributed by atoms with van der Waals surface area (Å²) < 4.78 is 12.8. The maximum absolute atomic E-state index is 12.2. The Hall–Kier alpha value is -1.39. The van der Waals surface area contributed by atoms with Gasteiger partial charge in [0.1, 0.15) is 11.5 Å². The molecule has 0 bridgehead atoms. The van der Waals surface area contributed by atoms with Gasteiger partial charge < -0.3 is 9.47 Å². The third-order valence-electron chi connectivity index (χ3n) is 8.17. The first-order valence-corrected chi connectivity index (χ1v) is 12.4. The molecule has 0 aromatic heterocycles. The summed E-state index contributed by atoms with van der Waals surface area (Å²) in [5, 5.41) is 0. The number of carbonyl (C=O) groups is 1. The highest BCUT2D eigenvalue weighted by Gasteiger charge is 2.43. The summed E-state index contributed by atoms with van der Waals surface area (Å²) in [6.45, 7) is 4.95. The predicted octanol–water partition coefficient (Wildman–Crippen LogP) is 5.58. The van der Waals surface area contributed by atoms with Crippen LogP contribution in [-0.4, -0.2) is 35.6 Å². The Balaban J connectivity index is 1.19. The van der Waals surface area contributed by atoms with Crippen molar-refractivity contribution in [2.75, 3.05) is 13.1 Å². The monoisotopic (exact) mass is 411 g/mol. The third kappa shape index (κ3) is 4.05. The molecule has 1 aromatic rings. The van der Waals surface area contributed by atoms with Crippen molar-refractivity contribution in [1.82, 2.24) is 4.90 Å². The zero-order chi connectivity index (χ0) is 20.6. The molecular weight excluding hydrogens is 374 g/mol. The molecule has 2 aliphatic heterocycles. The van der Waals surface area contributed by atoms with Gasteiger partial charge in [-0.15, -0.1) is 0 Å². The smallest absolute Gasteiger partial charge is 0.213 e. The highest BCUT2D eigenvalue weighted by molar-refractivity contribution is 5.81. The fourth-order valence-corrected chi connectivity index (χ4v) is 5.93. The number of Topliss-reactive ketones (excluding diaryl/α,β-unsaturated/α-hetero) is 1. The number of ether oxygens (including phenoxy) is 2. The van der Waals surface area contributed by atoms with Crippen molar-refractivity contribution < 1.29 is 14.3 Å². The predicted molar refractivity (Wildman–Crippen MR) is 118 cm³/mol. The van der Waals surface area contributed by atoms with Gasteiger partial charge >= 0.3 is 0 Å². The van der Waals surface area contributed by atoms with E-state index >= 15 is 0 Å². The molecule has 4 aliphatic rings. The van der Waals surface area contributed by atoms with E-state index in [2.05, 4.69) is 30.0 Å². The van der Waals surface area contributed by atoms with Crippen molar-refractivity contribution in [3.8, 4) is 5.75 Å². The molecule has 0 amide bonds.